The van der Waals surface area contributed by atoms with Crippen LogP contribution in [-0.4, -0.2) is 53.0 Å². The van der Waals surface area contributed by atoms with Gasteiger partial charge in [0.2, 0.25) is 0 Å². The highest BCUT2D eigenvalue weighted by Crippen LogP contribution is 2.39. The van der Waals surface area contributed by atoms with Gasteiger partial charge in [-0.05, 0) is 62.1 Å². The van der Waals surface area contributed by atoms with Gasteiger partial charge in [-0.25, -0.2) is 0 Å². The summed E-state index contributed by atoms with van der Waals surface area (Å²) in [7, 11) is 1.72. The summed E-state index contributed by atoms with van der Waals surface area (Å²) in [6.45, 7) is 8.31. The summed E-state index contributed by atoms with van der Waals surface area (Å²) < 4.78 is 5.45. The summed E-state index contributed by atoms with van der Waals surface area (Å²) in [5, 5.41) is 0. The molecule has 0 N–H and O–H groups in total. The van der Waals surface area contributed by atoms with E-state index in [-0.39, 0.29) is 5.91 Å². The minimum atomic E-state index is 0.111. The molecule has 2 fully saturated rings. The number of carbonyl (C=O) groups is 1. The number of likely N-dealkylation sites (tertiary alicyclic amines) is 2. The summed E-state index contributed by atoms with van der Waals surface area (Å²) >= 11 is 0. The van der Waals surface area contributed by atoms with E-state index in [0.29, 0.717) is 23.7 Å². The third-order valence-electron chi connectivity index (χ3n) is 6.40. The molecule has 5 nitrogen and oxygen atoms in total. The van der Waals surface area contributed by atoms with Crippen LogP contribution in [0, 0.1) is 13.8 Å². The standard InChI is InChI=1S/C22H27N3O2/c1-14-15(2)21(27-4)8-7-20(14)16(3)24-12-19-10-18(24)13-25(19)22(26)17-6-5-9-23-11-17/h5-9,11,16,18-19H,10,12-13H2,1-4H3/t16-,18-,19-/m0/s1. The molecule has 3 atom stereocenters. The van der Waals surface area contributed by atoms with Crippen LogP contribution in [0.3, 0.4) is 0 Å². The Bertz CT molecular complexity index is 852. The Morgan fingerprint density at radius 1 is 1.19 bits per heavy atom. The Labute approximate surface area is 161 Å². The zero-order valence-corrected chi connectivity index (χ0v) is 16.5. The molecule has 2 bridgehead atoms. The minimum absolute atomic E-state index is 0.111. The van der Waals surface area contributed by atoms with E-state index >= 15 is 0 Å². The second-order valence-corrected chi connectivity index (χ2v) is 7.72. The molecule has 0 aliphatic carbocycles. The van der Waals surface area contributed by atoms with Gasteiger partial charge in [0.1, 0.15) is 5.75 Å². The molecule has 2 saturated heterocycles. The van der Waals surface area contributed by atoms with Crippen LogP contribution in [0.25, 0.3) is 0 Å². The largest absolute Gasteiger partial charge is 0.496 e. The highest BCUT2D eigenvalue weighted by atomic mass is 16.5. The zero-order valence-electron chi connectivity index (χ0n) is 16.5. The van der Waals surface area contributed by atoms with Crippen molar-refractivity contribution in [3.8, 4) is 5.75 Å². The van der Waals surface area contributed by atoms with Gasteiger partial charge in [0.15, 0.2) is 0 Å². The van der Waals surface area contributed by atoms with Crippen molar-refractivity contribution >= 4 is 5.91 Å². The number of pyridine rings is 1. The summed E-state index contributed by atoms with van der Waals surface area (Å²) in [6.07, 6.45) is 4.43. The Kier molecular flexibility index (Phi) is 4.64. The van der Waals surface area contributed by atoms with Gasteiger partial charge < -0.3 is 9.64 Å². The first kappa shape index (κ1) is 18.0. The van der Waals surface area contributed by atoms with Crippen molar-refractivity contribution in [1.29, 1.82) is 0 Å². The van der Waals surface area contributed by atoms with Crippen LogP contribution < -0.4 is 4.74 Å². The Morgan fingerprint density at radius 3 is 2.63 bits per heavy atom. The van der Waals surface area contributed by atoms with Crippen molar-refractivity contribution in [3.63, 3.8) is 0 Å². The molecule has 0 unspecified atom stereocenters. The smallest absolute Gasteiger partial charge is 0.255 e. The van der Waals surface area contributed by atoms with Gasteiger partial charge in [-0.2, -0.15) is 0 Å². The fraction of sp³-hybridized carbons (Fsp3) is 0.455. The van der Waals surface area contributed by atoms with Crippen LogP contribution in [0.1, 0.15) is 46.4 Å². The normalized spacial score (nSPS) is 22.9. The summed E-state index contributed by atoms with van der Waals surface area (Å²) in [6, 6.07) is 8.99. The first-order valence-electron chi connectivity index (χ1n) is 9.62. The maximum absolute atomic E-state index is 12.8. The molecule has 4 rings (SSSR count). The van der Waals surface area contributed by atoms with Gasteiger partial charge >= 0.3 is 0 Å². The van der Waals surface area contributed by atoms with Crippen LogP contribution in [0.5, 0.6) is 5.75 Å². The number of methoxy groups -OCH3 is 1. The molecule has 5 heteroatoms. The van der Waals surface area contributed by atoms with Crippen LogP contribution >= 0.6 is 0 Å². The molecule has 2 aliphatic rings. The maximum Gasteiger partial charge on any atom is 0.255 e. The number of amides is 1. The van der Waals surface area contributed by atoms with Gasteiger partial charge in [0, 0.05) is 43.6 Å². The summed E-state index contributed by atoms with van der Waals surface area (Å²) in [4.78, 5) is 21.5. The molecule has 1 amide bonds. The molecule has 0 spiro atoms. The number of carbonyl (C=O) groups excluding carboxylic acids is 1. The van der Waals surface area contributed by atoms with Crippen molar-refractivity contribution in [1.82, 2.24) is 14.8 Å². The van der Waals surface area contributed by atoms with Gasteiger partial charge in [-0.15, -0.1) is 0 Å². The molecule has 0 saturated carbocycles. The van der Waals surface area contributed by atoms with Crippen molar-refractivity contribution in [2.75, 3.05) is 20.2 Å². The molecule has 2 aromatic rings. The van der Waals surface area contributed by atoms with Crippen molar-refractivity contribution < 1.29 is 9.53 Å². The zero-order chi connectivity index (χ0) is 19.1. The topological polar surface area (TPSA) is 45.7 Å². The van der Waals surface area contributed by atoms with Crippen molar-refractivity contribution in [3.05, 3.63) is 58.9 Å². The van der Waals surface area contributed by atoms with Gasteiger partial charge in [0.05, 0.1) is 12.7 Å². The predicted molar refractivity (Wildman–Crippen MR) is 105 cm³/mol. The van der Waals surface area contributed by atoms with Crippen molar-refractivity contribution in [2.45, 2.75) is 45.3 Å². The number of fused-ring (bicyclic) bond motifs is 2. The molecule has 0 radical (unpaired) electrons. The average molecular weight is 365 g/mol. The average Bonchev–Trinajstić information content (AvgIpc) is 3.30. The second-order valence-electron chi connectivity index (χ2n) is 7.72. The minimum Gasteiger partial charge on any atom is -0.496 e. The lowest BCUT2D eigenvalue weighted by atomic mass is 9.96. The quantitative estimate of drug-likeness (QED) is 0.833. The molecule has 1 aromatic heterocycles. The third kappa shape index (κ3) is 3.00. The van der Waals surface area contributed by atoms with E-state index < -0.39 is 0 Å². The third-order valence-corrected chi connectivity index (χ3v) is 6.40. The number of ether oxygens (including phenoxy) is 1. The number of aromatic nitrogens is 1. The monoisotopic (exact) mass is 365 g/mol. The van der Waals surface area contributed by atoms with Crippen LogP contribution in [0.4, 0.5) is 0 Å². The second kappa shape index (κ2) is 6.97. The summed E-state index contributed by atoms with van der Waals surface area (Å²) in [5.41, 5.74) is 4.55. The van der Waals surface area contributed by atoms with Crippen LogP contribution in [0.15, 0.2) is 36.7 Å². The highest BCUT2D eigenvalue weighted by molar-refractivity contribution is 5.94. The number of nitrogens with zero attached hydrogens (tertiary/aromatic N) is 3. The van der Waals surface area contributed by atoms with Gasteiger partial charge in [-0.1, -0.05) is 6.07 Å². The van der Waals surface area contributed by atoms with E-state index in [1.165, 1.54) is 16.7 Å². The predicted octanol–water partition coefficient (Wildman–Crippen LogP) is 3.37. The molecule has 3 heterocycles. The van der Waals surface area contributed by atoms with Crippen LogP contribution in [-0.2, 0) is 0 Å². The lowest BCUT2D eigenvalue weighted by Gasteiger charge is -2.38. The number of hydrogen-bond donors (Lipinski definition) is 0. The van der Waals surface area contributed by atoms with Gasteiger partial charge in [0.25, 0.3) is 5.91 Å². The highest BCUT2D eigenvalue weighted by Gasteiger charge is 2.47. The van der Waals surface area contributed by atoms with Gasteiger partial charge in [-0.3, -0.25) is 14.7 Å². The van der Waals surface area contributed by atoms with E-state index in [9.17, 15) is 4.79 Å². The van der Waals surface area contributed by atoms with E-state index in [0.717, 1.165) is 25.3 Å². The molecule has 1 aromatic carbocycles. The Morgan fingerprint density at radius 2 is 2.00 bits per heavy atom. The fourth-order valence-electron chi connectivity index (χ4n) is 4.75. The SMILES string of the molecule is COc1ccc([C@H](C)N2C[C@@H]3C[C@H]2CN3C(=O)c2cccnc2)c(C)c1C. The lowest BCUT2D eigenvalue weighted by Crippen LogP contribution is -2.49. The van der Waals surface area contributed by atoms with E-state index in [1.807, 2.05) is 17.0 Å². The van der Waals surface area contributed by atoms with Crippen LogP contribution in [0.2, 0.25) is 0 Å². The molecular formula is C22H27N3O2. The first-order valence-corrected chi connectivity index (χ1v) is 9.62. The molecule has 142 valence electrons. The van der Waals surface area contributed by atoms with Crippen molar-refractivity contribution in [2.24, 2.45) is 0 Å². The first-order chi connectivity index (χ1) is 13.0. The molecule has 2 aliphatic heterocycles. The Balaban J connectivity index is 1.50. The number of hydrogen-bond acceptors (Lipinski definition) is 4. The fourth-order valence-corrected chi connectivity index (χ4v) is 4.75. The Hall–Kier alpha value is -2.40. The molecular weight excluding hydrogens is 338 g/mol. The lowest BCUT2D eigenvalue weighted by molar-refractivity contribution is 0.0568. The molecule has 27 heavy (non-hydrogen) atoms. The van der Waals surface area contributed by atoms with E-state index in [2.05, 4.69) is 42.8 Å². The number of benzene rings is 1. The number of piperazine rings is 1. The van der Waals surface area contributed by atoms with E-state index in [4.69, 9.17) is 4.74 Å². The number of rotatable bonds is 4. The maximum atomic E-state index is 12.8. The van der Waals surface area contributed by atoms with E-state index in [1.54, 1.807) is 19.5 Å². The summed E-state index contributed by atoms with van der Waals surface area (Å²) in [5.74, 6) is 1.05.